The fraction of sp³-hybridized carbons (Fsp3) is 0.250. The minimum atomic E-state index is -0.570. The highest BCUT2D eigenvalue weighted by Crippen LogP contribution is 2.30. The van der Waals surface area contributed by atoms with E-state index in [0.717, 1.165) is 17.0 Å². The SMILES string of the molecule is CCNC(=O)NC(=O)C(C)Sc1nnc(-c2ccncc2)n1-c1ccc(OC)cc1. The molecule has 2 heterocycles. The summed E-state index contributed by atoms with van der Waals surface area (Å²) in [5.74, 6) is 0.920. The van der Waals surface area contributed by atoms with Gasteiger partial charge in [-0.3, -0.25) is 19.7 Å². The van der Waals surface area contributed by atoms with Crippen molar-refractivity contribution in [2.24, 2.45) is 0 Å². The van der Waals surface area contributed by atoms with Crippen molar-refractivity contribution in [2.45, 2.75) is 24.3 Å². The van der Waals surface area contributed by atoms with Gasteiger partial charge in [0, 0.05) is 30.2 Å². The number of benzene rings is 1. The molecule has 0 radical (unpaired) electrons. The van der Waals surface area contributed by atoms with Crippen LogP contribution in [0.3, 0.4) is 0 Å². The van der Waals surface area contributed by atoms with Gasteiger partial charge >= 0.3 is 6.03 Å². The Morgan fingerprint density at radius 1 is 1.13 bits per heavy atom. The van der Waals surface area contributed by atoms with Crippen molar-refractivity contribution in [3.05, 3.63) is 48.8 Å². The second-order valence-corrected chi connectivity index (χ2v) is 7.49. The van der Waals surface area contributed by atoms with Crippen LogP contribution in [-0.2, 0) is 4.79 Å². The summed E-state index contributed by atoms with van der Waals surface area (Å²) in [5.41, 5.74) is 1.64. The lowest BCUT2D eigenvalue weighted by molar-refractivity contribution is -0.119. The summed E-state index contributed by atoms with van der Waals surface area (Å²) in [6.45, 7) is 3.92. The van der Waals surface area contributed by atoms with E-state index in [1.807, 2.05) is 41.0 Å². The van der Waals surface area contributed by atoms with E-state index in [1.54, 1.807) is 33.4 Å². The topological polar surface area (TPSA) is 111 Å². The molecule has 2 N–H and O–H groups in total. The Morgan fingerprint density at radius 3 is 2.47 bits per heavy atom. The molecule has 0 aliphatic heterocycles. The van der Waals surface area contributed by atoms with Crippen LogP contribution in [0.15, 0.2) is 53.9 Å². The first-order valence-electron chi connectivity index (χ1n) is 9.29. The quantitative estimate of drug-likeness (QED) is 0.559. The molecule has 0 saturated carbocycles. The molecule has 2 aromatic heterocycles. The van der Waals surface area contributed by atoms with Gasteiger partial charge in [-0.05, 0) is 50.2 Å². The number of aromatic nitrogens is 4. The van der Waals surface area contributed by atoms with Crippen LogP contribution >= 0.6 is 11.8 Å². The van der Waals surface area contributed by atoms with Gasteiger partial charge in [0.15, 0.2) is 11.0 Å². The number of carbonyl (C=O) groups excluding carboxylic acids is 2. The molecule has 1 atom stereocenters. The first-order valence-corrected chi connectivity index (χ1v) is 10.2. The molecule has 0 aliphatic rings. The number of carbonyl (C=O) groups is 2. The van der Waals surface area contributed by atoms with Crippen LogP contribution in [0, 0.1) is 0 Å². The number of nitrogens with one attached hydrogen (secondary N) is 2. The second-order valence-electron chi connectivity index (χ2n) is 6.18. The summed E-state index contributed by atoms with van der Waals surface area (Å²) in [5, 5.41) is 13.4. The van der Waals surface area contributed by atoms with Crippen LogP contribution < -0.4 is 15.4 Å². The number of hydrogen-bond acceptors (Lipinski definition) is 7. The summed E-state index contributed by atoms with van der Waals surface area (Å²) >= 11 is 1.21. The summed E-state index contributed by atoms with van der Waals surface area (Å²) in [4.78, 5) is 28.1. The van der Waals surface area contributed by atoms with E-state index in [9.17, 15) is 9.59 Å². The van der Waals surface area contributed by atoms with E-state index in [4.69, 9.17) is 4.74 Å². The van der Waals surface area contributed by atoms with Crippen LogP contribution in [0.2, 0.25) is 0 Å². The third-order valence-corrected chi connectivity index (χ3v) is 5.17. The number of urea groups is 1. The third kappa shape index (κ3) is 4.95. The van der Waals surface area contributed by atoms with Crippen LogP contribution in [0.25, 0.3) is 17.1 Å². The van der Waals surface area contributed by atoms with Gasteiger partial charge in [-0.1, -0.05) is 11.8 Å². The molecular formula is C20H22N6O3S. The molecule has 1 unspecified atom stereocenters. The van der Waals surface area contributed by atoms with Crippen molar-refractivity contribution in [1.82, 2.24) is 30.4 Å². The van der Waals surface area contributed by atoms with Gasteiger partial charge in [0.05, 0.1) is 12.4 Å². The van der Waals surface area contributed by atoms with E-state index >= 15 is 0 Å². The monoisotopic (exact) mass is 426 g/mol. The van der Waals surface area contributed by atoms with Crippen molar-refractivity contribution in [3.63, 3.8) is 0 Å². The zero-order chi connectivity index (χ0) is 21.5. The van der Waals surface area contributed by atoms with Gasteiger partial charge < -0.3 is 10.1 Å². The number of thioether (sulfide) groups is 1. The summed E-state index contributed by atoms with van der Waals surface area (Å²) < 4.78 is 7.10. The normalized spacial score (nSPS) is 11.6. The molecule has 0 aliphatic carbocycles. The number of ether oxygens (including phenoxy) is 1. The van der Waals surface area contributed by atoms with E-state index in [-0.39, 0.29) is 0 Å². The molecule has 10 heteroatoms. The first kappa shape index (κ1) is 21.3. The minimum Gasteiger partial charge on any atom is -0.497 e. The number of amides is 3. The molecule has 0 spiro atoms. The molecule has 3 rings (SSSR count). The third-order valence-electron chi connectivity index (χ3n) is 4.13. The lowest BCUT2D eigenvalue weighted by Crippen LogP contribution is -2.42. The summed E-state index contributed by atoms with van der Waals surface area (Å²) in [7, 11) is 1.60. The van der Waals surface area contributed by atoms with Gasteiger partial charge in [-0.15, -0.1) is 10.2 Å². The highest BCUT2D eigenvalue weighted by molar-refractivity contribution is 8.00. The number of imide groups is 1. The van der Waals surface area contributed by atoms with Gasteiger partial charge in [0.25, 0.3) is 0 Å². The van der Waals surface area contributed by atoms with Crippen LogP contribution in [0.4, 0.5) is 4.79 Å². The van der Waals surface area contributed by atoms with Crippen LogP contribution in [0.1, 0.15) is 13.8 Å². The molecule has 30 heavy (non-hydrogen) atoms. The Kier molecular flexibility index (Phi) is 7.02. The van der Waals surface area contributed by atoms with Crippen molar-refractivity contribution in [1.29, 1.82) is 0 Å². The maximum atomic E-state index is 12.4. The number of rotatable bonds is 7. The van der Waals surface area contributed by atoms with Crippen molar-refractivity contribution in [2.75, 3.05) is 13.7 Å². The number of methoxy groups -OCH3 is 1. The molecule has 0 saturated heterocycles. The average molecular weight is 427 g/mol. The first-order chi connectivity index (χ1) is 14.5. The zero-order valence-electron chi connectivity index (χ0n) is 16.8. The zero-order valence-corrected chi connectivity index (χ0v) is 17.6. The van der Waals surface area contributed by atoms with Crippen molar-refractivity contribution >= 4 is 23.7 Å². The largest absolute Gasteiger partial charge is 0.497 e. The Labute approximate surface area is 178 Å². The van der Waals surface area contributed by atoms with Crippen LogP contribution in [-0.4, -0.2) is 50.6 Å². The van der Waals surface area contributed by atoms with E-state index in [2.05, 4.69) is 25.8 Å². The smallest absolute Gasteiger partial charge is 0.321 e. The van der Waals surface area contributed by atoms with E-state index < -0.39 is 17.2 Å². The molecule has 0 fully saturated rings. The molecule has 0 bridgehead atoms. The minimum absolute atomic E-state index is 0.416. The fourth-order valence-corrected chi connectivity index (χ4v) is 3.50. The number of nitrogens with zero attached hydrogens (tertiary/aromatic N) is 4. The van der Waals surface area contributed by atoms with Gasteiger partial charge in [0.2, 0.25) is 5.91 Å². The fourth-order valence-electron chi connectivity index (χ4n) is 2.63. The Balaban J connectivity index is 1.93. The number of pyridine rings is 1. The molecular weight excluding hydrogens is 404 g/mol. The highest BCUT2D eigenvalue weighted by atomic mass is 32.2. The standard InChI is InChI=1S/C20H22N6O3S/c1-4-22-19(28)23-18(27)13(2)30-20-25-24-17(14-9-11-21-12-10-14)26(20)15-5-7-16(29-3)8-6-15/h5-13H,4H2,1-3H3,(H2,22,23,27,28). The molecule has 3 aromatic rings. The maximum Gasteiger partial charge on any atom is 0.321 e. The van der Waals surface area contributed by atoms with Crippen molar-refractivity contribution in [3.8, 4) is 22.8 Å². The Morgan fingerprint density at radius 2 is 1.83 bits per heavy atom. The molecule has 9 nitrogen and oxygen atoms in total. The van der Waals surface area contributed by atoms with E-state index in [0.29, 0.717) is 17.5 Å². The molecule has 3 amide bonds. The summed E-state index contributed by atoms with van der Waals surface area (Å²) in [6.07, 6.45) is 3.36. The van der Waals surface area contributed by atoms with Gasteiger partial charge in [-0.25, -0.2) is 4.79 Å². The second kappa shape index (κ2) is 9.88. The lowest BCUT2D eigenvalue weighted by Gasteiger charge is -2.14. The van der Waals surface area contributed by atoms with Gasteiger partial charge in [0.1, 0.15) is 5.75 Å². The average Bonchev–Trinajstić information content (AvgIpc) is 3.18. The number of hydrogen-bond donors (Lipinski definition) is 2. The highest BCUT2D eigenvalue weighted by Gasteiger charge is 2.23. The van der Waals surface area contributed by atoms with E-state index in [1.165, 1.54) is 11.8 Å². The predicted octanol–water partition coefficient (Wildman–Crippen LogP) is 2.66. The van der Waals surface area contributed by atoms with Gasteiger partial charge in [-0.2, -0.15) is 0 Å². The Hall–Kier alpha value is -3.40. The molecule has 156 valence electrons. The molecule has 1 aromatic carbocycles. The maximum absolute atomic E-state index is 12.4. The Bertz CT molecular complexity index is 1010. The van der Waals surface area contributed by atoms with Crippen molar-refractivity contribution < 1.29 is 14.3 Å². The predicted molar refractivity (Wildman–Crippen MR) is 114 cm³/mol. The van der Waals surface area contributed by atoms with Crippen LogP contribution in [0.5, 0.6) is 5.75 Å². The lowest BCUT2D eigenvalue weighted by atomic mass is 10.2. The summed E-state index contributed by atoms with van der Waals surface area (Å²) in [6, 6.07) is 10.6.